The van der Waals surface area contributed by atoms with Crippen molar-refractivity contribution in [2.24, 2.45) is 11.7 Å². The second kappa shape index (κ2) is 11.9. The Kier molecular flexibility index (Phi) is 7.90. The number of piperidine rings is 2. The number of hydrogen-bond donors (Lipinski definition) is 1. The van der Waals surface area contributed by atoms with Crippen LogP contribution in [0.3, 0.4) is 0 Å². The van der Waals surface area contributed by atoms with Gasteiger partial charge in [0.1, 0.15) is 17.6 Å². The summed E-state index contributed by atoms with van der Waals surface area (Å²) in [6, 6.07) is 9.29. The van der Waals surface area contributed by atoms with E-state index in [4.69, 9.17) is 15.6 Å². The van der Waals surface area contributed by atoms with Crippen LogP contribution in [0.4, 0.5) is 4.39 Å². The van der Waals surface area contributed by atoms with Crippen LogP contribution >= 0.6 is 0 Å². The van der Waals surface area contributed by atoms with Gasteiger partial charge in [-0.3, -0.25) is 9.59 Å². The average Bonchev–Trinajstić information content (AvgIpc) is 3.72. The summed E-state index contributed by atoms with van der Waals surface area (Å²) in [4.78, 5) is 29.8. The normalized spacial score (nSPS) is 20.3. The molecule has 0 radical (unpaired) electrons. The first-order valence-electron chi connectivity index (χ1n) is 16.4. The summed E-state index contributed by atoms with van der Waals surface area (Å²) in [7, 11) is 1.56. The van der Waals surface area contributed by atoms with Crippen molar-refractivity contribution in [1.82, 2.24) is 24.0 Å². The van der Waals surface area contributed by atoms with Gasteiger partial charge in [0.2, 0.25) is 0 Å². The molecular weight excluding hydrogens is 571 g/mol. The molecule has 2 aliphatic heterocycles. The minimum absolute atomic E-state index is 0.00594. The van der Waals surface area contributed by atoms with Crippen molar-refractivity contribution in [3.63, 3.8) is 0 Å². The maximum Gasteiger partial charge on any atom is 0.255 e. The monoisotopic (exact) mass is 614 g/mol. The molecule has 3 aromatic heterocycles. The Morgan fingerprint density at radius 3 is 2.56 bits per heavy atom. The summed E-state index contributed by atoms with van der Waals surface area (Å²) >= 11 is 0. The number of rotatable bonds is 7. The summed E-state index contributed by atoms with van der Waals surface area (Å²) in [5, 5.41) is 5.91. The van der Waals surface area contributed by atoms with Gasteiger partial charge in [0.05, 0.1) is 22.3 Å². The molecule has 1 aliphatic carbocycles. The Morgan fingerprint density at radius 2 is 1.84 bits per heavy atom. The molecule has 7 rings (SSSR count). The van der Waals surface area contributed by atoms with Gasteiger partial charge in [-0.1, -0.05) is 0 Å². The topological polar surface area (TPSA) is 98.1 Å². The Balaban J connectivity index is 1.26. The third kappa shape index (κ3) is 5.63. The van der Waals surface area contributed by atoms with Crippen LogP contribution in [0.25, 0.3) is 27.8 Å². The van der Waals surface area contributed by atoms with E-state index in [1.165, 1.54) is 12.8 Å². The van der Waals surface area contributed by atoms with Gasteiger partial charge in [0.15, 0.2) is 0 Å². The lowest BCUT2D eigenvalue weighted by Gasteiger charge is -2.34. The van der Waals surface area contributed by atoms with E-state index in [-0.39, 0.29) is 29.6 Å². The Labute approximate surface area is 263 Å². The van der Waals surface area contributed by atoms with Gasteiger partial charge in [0.25, 0.3) is 11.8 Å². The van der Waals surface area contributed by atoms with Crippen molar-refractivity contribution in [1.29, 1.82) is 0 Å². The van der Waals surface area contributed by atoms with E-state index in [0.717, 1.165) is 77.7 Å². The summed E-state index contributed by atoms with van der Waals surface area (Å²) in [5.41, 5.74) is 12.6. The molecule has 238 valence electrons. The molecule has 2 atom stereocenters. The number of hydrogen-bond acceptors (Lipinski definition) is 5. The van der Waals surface area contributed by atoms with Crippen LogP contribution in [0, 0.1) is 18.7 Å². The molecule has 2 N–H and O–H groups in total. The predicted octanol–water partition coefficient (Wildman–Crippen LogP) is 5.12. The second-order valence-electron chi connectivity index (χ2n) is 13.4. The van der Waals surface area contributed by atoms with E-state index in [9.17, 15) is 9.59 Å². The molecule has 0 unspecified atom stereocenters. The Hall–Kier alpha value is -3.76. The van der Waals surface area contributed by atoms with Crippen LogP contribution < -0.4 is 5.73 Å². The fourth-order valence-corrected chi connectivity index (χ4v) is 7.35. The molecule has 0 bridgehead atoms. The van der Waals surface area contributed by atoms with Crippen LogP contribution in [-0.4, -0.2) is 81.2 Å². The molecule has 2 amide bonds. The van der Waals surface area contributed by atoms with Gasteiger partial charge < -0.3 is 24.8 Å². The highest BCUT2D eigenvalue weighted by Crippen LogP contribution is 2.41. The van der Waals surface area contributed by atoms with E-state index in [1.54, 1.807) is 26.2 Å². The number of pyridine rings is 1. The second-order valence-corrected chi connectivity index (χ2v) is 13.4. The summed E-state index contributed by atoms with van der Waals surface area (Å²) in [6.45, 7) is 7.24. The van der Waals surface area contributed by atoms with Gasteiger partial charge in [-0.05, 0) is 100 Å². The number of carbonyl (C=O) groups is 2. The first-order valence-corrected chi connectivity index (χ1v) is 16.4. The zero-order valence-electron chi connectivity index (χ0n) is 26.5. The number of aryl methyl sites for hydroxylation is 1. The predicted molar refractivity (Wildman–Crippen MR) is 172 cm³/mol. The number of methoxy groups -OCH3 is 1. The largest absolute Gasteiger partial charge is 0.372 e. The van der Waals surface area contributed by atoms with E-state index in [1.807, 2.05) is 32.6 Å². The summed E-state index contributed by atoms with van der Waals surface area (Å²) in [6.07, 6.45) is 7.13. The van der Waals surface area contributed by atoms with Gasteiger partial charge in [0, 0.05) is 63.0 Å². The van der Waals surface area contributed by atoms with Crippen molar-refractivity contribution >= 4 is 28.2 Å². The number of halogens is 1. The van der Waals surface area contributed by atoms with Gasteiger partial charge in [-0.25, -0.2) is 8.91 Å². The molecule has 3 fully saturated rings. The first-order chi connectivity index (χ1) is 21.7. The van der Waals surface area contributed by atoms with Gasteiger partial charge >= 0.3 is 0 Å². The van der Waals surface area contributed by atoms with Crippen molar-refractivity contribution in [3.05, 3.63) is 59.0 Å². The van der Waals surface area contributed by atoms with Gasteiger partial charge in [-0.15, -0.1) is 0 Å². The molecule has 5 heterocycles. The van der Waals surface area contributed by atoms with Crippen LogP contribution in [0.2, 0.25) is 0 Å². The van der Waals surface area contributed by atoms with Crippen LogP contribution in [0.5, 0.6) is 0 Å². The lowest BCUT2D eigenvalue weighted by molar-refractivity contribution is -0.142. The van der Waals surface area contributed by atoms with E-state index >= 15 is 4.39 Å². The molecule has 2 saturated heterocycles. The number of likely N-dealkylation sites (tertiary alicyclic amines) is 2. The zero-order chi connectivity index (χ0) is 31.4. The summed E-state index contributed by atoms with van der Waals surface area (Å²) < 4.78 is 24.7. The number of ether oxygens (including phenoxy) is 1. The fourth-order valence-electron chi connectivity index (χ4n) is 7.35. The average molecular weight is 615 g/mol. The first kappa shape index (κ1) is 29.9. The molecule has 0 spiro atoms. The van der Waals surface area contributed by atoms with Crippen LogP contribution in [-0.2, 0) is 16.1 Å². The maximum atomic E-state index is 15.2. The van der Waals surface area contributed by atoms with Gasteiger partial charge in [-0.2, -0.15) is 5.10 Å². The Bertz CT molecular complexity index is 1770. The molecular formula is C35H43FN6O3. The number of aromatic nitrogens is 3. The van der Waals surface area contributed by atoms with Crippen molar-refractivity contribution in [2.45, 2.75) is 77.0 Å². The smallest absolute Gasteiger partial charge is 0.255 e. The molecule has 1 aromatic carbocycles. The maximum absolute atomic E-state index is 15.2. The lowest BCUT2D eigenvalue weighted by atomic mass is 9.88. The highest BCUT2D eigenvalue weighted by molar-refractivity contribution is 5.95. The molecule has 45 heavy (non-hydrogen) atoms. The SMILES string of the molecule is CO[C@H](C)C(=O)N1CCC(c2cc(F)cc3cc(-c4nn5cc(C(=O)N6CCC[C@@H](N)C6)ccc5c4C)n(CC4CC4)c23)CC1. The van der Waals surface area contributed by atoms with E-state index in [0.29, 0.717) is 31.1 Å². The van der Waals surface area contributed by atoms with Crippen LogP contribution in [0.1, 0.15) is 72.9 Å². The highest BCUT2D eigenvalue weighted by atomic mass is 19.1. The molecule has 10 heteroatoms. The molecule has 3 aliphatic rings. The number of carbonyl (C=O) groups excluding carboxylic acids is 2. The summed E-state index contributed by atoms with van der Waals surface area (Å²) in [5.74, 6) is 0.473. The fraction of sp³-hybridized carbons (Fsp3) is 0.514. The Morgan fingerprint density at radius 1 is 1.07 bits per heavy atom. The third-order valence-corrected chi connectivity index (χ3v) is 10.2. The lowest BCUT2D eigenvalue weighted by Crippen LogP contribution is -2.45. The van der Waals surface area contributed by atoms with E-state index < -0.39 is 6.10 Å². The number of nitrogens with two attached hydrogens (primary N) is 1. The number of fused-ring (bicyclic) bond motifs is 2. The number of benzene rings is 1. The van der Waals surface area contributed by atoms with E-state index in [2.05, 4.69) is 17.6 Å². The number of nitrogens with zero attached hydrogens (tertiary/aromatic N) is 5. The molecule has 1 saturated carbocycles. The van der Waals surface area contributed by atoms with Crippen molar-refractivity contribution in [3.8, 4) is 11.4 Å². The van der Waals surface area contributed by atoms with Crippen LogP contribution in [0.15, 0.2) is 36.5 Å². The standard InChI is InChI=1S/C35H43FN6O3/c1-21-30-9-8-25(35(44)40-12-4-5-28(37)20-40)19-42(30)38-32(21)31-16-26-15-27(36)17-29(33(26)41(31)18-23-6-7-23)24-10-13-39(14-11-24)34(43)22(2)45-3/h8-9,15-17,19,22-24,28H,4-7,10-14,18,20,37H2,1-3H3/t22-,28-/m1/s1. The highest BCUT2D eigenvalue weighted by Gasteiger charge is 2.31. The van der Waals surface area contributed by atoms with Crippen molar-refractivity contribution < 1.29 is 18.7 Å². The minimum atomic E-state index is -0.466. The molecule has 4 aromatic rings. The quantitative estimate of drug-likeness (QED) is 0.312. The van der Waals surface area contributed by atoms with Crippen molar-refractivity contribution in [2.75, 3.05) is 33.3 Å². The minimum Gasteiger partial charge on any atom is -0.372 e. The number of amides is 2. The zero-order valence-corrected chi connectivity index (χ0v) is 26.5. The third-order valence-electron chi connectivity index (χ3n) is 10.2. The molecule has 9 nitrogen and oxygen atoms in total.